The van der Waals surface area contributed by atoms with Crippen molar-refractivity contribution in [1.82, 2.24) is 15.2 Å². The molecule has 1 atom stereocenters. The van der Waals surface area contributed by atoms with Crippen molar-refractivity contribution in [3.05, 3.63) is 81.9 Å². The van der Waals surface area contributed by atoms with Gasteiger partial charge in [0.2, 0.25) is 5.91 Å². The van der Waals surface area contributed by atoms with E-state index in [1.807, 2.05) is 0 Å². The molecule has 4 rings (SSSR count). The summed E-state index contributed by atoms with van der Waals surface area (Å²) in [6.07, 6.45) is 0. The zero-order chi connectivity index (χ0) is 24.6. The normalized spacial score (nSPS) is 14.7. The highest BCUT2D eigenvalue weighted by atomic mass is 35.5. The highest BCUT2D eigenvalue weighted by molar-refractivity contribution is 6.48. The zero-order valence-electron chi connectivity index (χ0n) is 17.9. The van der Waals surface area contributed by atoms with Gasteiger partial charge in [0.1, 0.15) is 23.8 Å². The molecule has 34 heavy (non-hydrogen) atoms. The first kappa shape index (κ1) is 23.0. The monoisotopic (exact) mass is 482 g/mol. The first-order valence-corrected chi connectivity index (χ1v) is 10.5. The summed E-state index contributed by atoms with van der Waals surface area (Å²) in [6, 6.07) is 10.6. The van der Waals surface area contributed by atoms with Crippen molar-refractivity contribution in [1.29, 1.82) is 5.41 Å². The molecule has 3 aromatic rings. The lowest BCUT2D eigenvalue weighted by Crippen LogP contribution is -2.41. The Labute approximate surface area is 198 Å². The maximum Gasteiger partial charge on any atom is 0.274 e. The Bertz CT molecular complexity index is 1350. The number of rotatable bonds is 5. The lowest BCUT2D eigenvalue weighted by Gasteiger charge is -2.29. The second-order valence-electron chi connectivity index (χ2n) is 7.58. The summed E-state index contributed by atoms with van der Waals surface area (Å²) in [5.74, 6) is -2.28. The van der Waals surface area contributed by atoms with Gasteiger partial charge >= 0.3 is 0 Å². The van der Waals surface area contributed by atoms with Crippen molar-refractivity contribution in [2.45, 2.75) is 12.6 Å². The van der Waals surface area contributed by atoms with Crippen molar-refractivity contribution in [2.24, 2.45) is 0 Å². The molecule has 0 spiro atoms. The molecule has 11 heteroatoms. The van der Waals surface area contributed by atoms with Crippen LogP contribution in [0.15, 0.2) is 48.5 Å². The van der Waals surface area contributed by atoms with Gasteiger partial charge in [0.05, 0.1) is 17.4 Å². The molecule has 1 aliphatic rings. The SMILES string of the molecule is CNC(=O)c1cc(NC(=O)C(=N)c2ccccc2N)c2n1CC(=O)NC2c1cc(F)ccc1Cl. The molecule has 0 saturated heterocycles. The lowest BCUT2D eigenvalue weighted by molar-refractivity contribution is -0.123. The lowest BCUT2D eigenvalue weighted by atomic mass is 10.0. The van der Waals surface area contributed by atoms with Crippen LogP contribution in [0.4, 0.5) is 15.8 Å². The van der Waals surface area contributed by atoms with Crippen LogP contribution in [0.3, 0.4) is 0 Å². The van der Waals surface area contributed by atoms with Gasteiger partial charge in [0, 0.05) is 28.9 Å². The number of nitrogens with zero attached hydrogens (tertiary/aromatic N) is 1. The molecule has 0 fully saturated rings. The minimum atomic E-state index is -0.964. The third-order valence-electron chi connectivity index (χ3n) is 5.45. The van der Waals surface area contributed by atoms with Crippen LogP contribution in [0.2, 0.25) is 5.02 Å². The molecule has 9 nitrogen and oxygen atoms in total. The highest BCUT2D eigenvalue weighted by Crippen LogP contribution is 2.37. The molecule has 6 N–H and O–H groups in total. The minimum Gasteiger partial charge on any atom is -0.398 e. The van der Waals surface area contributed by atoms with Crippen molar-refractivity contribution in [3.8, 4) is 0 Å². The van der Waals surface area contributed by atoms with Crippen LogP contribution >= 0.6 is 11.6 Å². The van der Waals surface area contributed by atoms with Gasteiger partial charge in [0.25, 0.3) is 11.8 Å². The van der Waals surface area contributed by atoms with E-state index in [1.54, 1.807) is 18.2 Å². The standard InChI is InChI=1S/C23H20ClFN6O3/c1-28-22(33)17-9-16(29-23(34)19(27)12-4-2-3-5-15(12)26)21-20(30-18(32)10-31(17)21)13-8-11(25)6-7-14(13)24/h2-9,20,27H,10,26H2,1H3,(H,28,33)(H,29,34)(H,30,32). The number of benzene rings is 2. The Kier molecular flexibility index (Phi) is 6.08. The van der Waals surface area contributed by atoms with Crippen molar-refractivity contribution in [3.63, 3.8) is 0 Å². The molecular weight excluding hydrogens is 463 g/mol. The van der Waals surface area contributed by atoms with Crippen LogP contribution in [0.5, 0.6) is 0 Å². The quantitative estimate of drug-likeness (QED) is 0.281. The van der Waals surface area contributed by atoms with Crippen LogP contribution in [-0.2, 0) is 16.1 Å². The first-order chi connectivity index (χ1) is 16.2. The summed E-state index contributed by atoms with van der Waals surface area (Å²) in [6.45, 7) is -0.208. The molecule has 1 aliphatic heterocycles. The second-order valence-corrected chi connectivity index (χ2v) is 7.98. The fraction of sp³-hybridized carbons (Fsp3) is 0.130. The van der Waals surface area contributed by atoms with E-state index in [4.69, 9.17) is 22.7 Å². The molecule has 0 aliphatic carbocycles. The highest BCUT2D eigenvalue weighted by Gasteiger charge is 2.34. The van der Waals surface area contributed by atoms with Gasteiger partial charge in [0.15, 0.2) is 0 Å². The zero-order valence-corrected chi connectivity index (χ0v) is 18.7. The average molecular weight is 483 g/mol. The summed E-state index contributed by atoms with van der Waals surface area (Å²) in [5.41, 5.74) is 6.81. The third kappa shape index (κ3) is 4.11. The van der Waals surface area contributed by atoms with Gasteiger partial charge in [-0.2, -0.15) is 0 Å². The molecule has 1 aromatic heterocycles. The van der Waals surface area contributed by atoms with Crippen LogP contribution < -0.4 is 21.7 Å². The second kappa shape index (κ2) is 8.99. The molecule has 0 saturated carbocycles. The number of nitrogens with two attached hydrogens (primary N) is 1. The molecular formula is C23H20ClFN6O3. The maximum atomic E-state index is 14.1. The van der Waals surface area contributed by atoms with Gasteiger partial charge in [-0.25, -0.2) is 4.39 Å². The third-order valence-corrected chi connectivity index (χ3v) is 5.80. The Balaban J connectivity index is 1.82. The van der Waals surface area contributed by atoms with Crippen molar-refractivity contribution < 1.29 is 18.8 Å². The topological polar surface area (TPSA) is 142 Å². The maximum absolute atomic E-state index is 14.1. The van der Waals surface area contributed by atoms with Gasteiger partial charge < -0.3 is 26.3 Å². The van der Waals surface area contributed by atoms with E-state index < -0.39 is 29.6 Å². The number of carbonyl (C=O) groups excluding carboxylic acids is 3. The van der Waals surface area contributed by atoms with Gasteiger partial charge in [-0.05, 0) is 30.3 Å². The fourth-order valence-corrected chi connectivity index (χ4v) is 4.10. The smallest absolute Gasteiger partial charge is 0.274 e. The Morgan fingerprint density at radius 2 is 1.97 bits per heavy atom. The summed E-state index contributed by atoms with van der Waals surface area (Å²) in [4.78, 5) is 38.0. The number of carbonyl (C=O) groups is 3. The molecule has 0 bridgehead atoms. The fourth-order valence-electron chi connectivity index (χ4n) is 3.87. The summed E-state index contributed by atoms with van der Waals surface area (Å²) >= 11 is 6.30. The van der Waals surface area contributed by atoms with Crippen LogP contribution in [0.25, 0.3) is 0 Å². The predicted molar refractivity (Wildman–Crippen MR) is 126 cm³/mol. The average Bonchev–Trinajstić information content (AvgIpc) is 3.17. The number of hydrogen-bond acceptors (Lipinski definition) is 5. The number of hydrogen-bond donors (Lipinski definition) is 5. The van der Waals surface area contributed by atoms with Gasteiger partial charge in [-0.15, -0.1) is 0 Å². The number of para-hydroxylation sites is 1. The first-order valence-electron chi connectivity index (χ1n) is 10.2. The summed E-state index contributed by atoms with van der Waals surface area (Å²) < 4.78 is 15.5. The summed E-state index contributed by atoms with van der Waals surface area (Å²) in [7, 11) is 1.43. The number of anilines is 2. The van der Waals surface area contributed by atoms with Crippen LogP contribution in [0, 0.1) is 11.2 Å². The van der Waals surface area contributed by atoms with E-state index in [0.29, 0.717) is 5.69 Å². The Morgan fingerprint density at radius 3 is 2.68 bits per heavy atom. The number of fused-ring (bicyclic) bond motifs is 1. The van der Waals surface area contributed by atoms with Crippen molar-refractivity contribution >= 4 is 46.4 Å². The van der Waals surface area contributed by atoms with E-state index in [2.05, 4.69) is 16.0 Å². The molecule has 0 radical (unpaired) electrons. The van der Waals surface area contributed by atoms with Gasteiger partial charge in [-0.1, -0.05) is 29.8 Å². The molecule has 2 aromatic carbocycles. The predicted octanol–water partition coefficient (Wildman–Crippen LogP) is 2.45. The minimum absolute atomic E-state index is 0.103. The molecule has 2 heterocycles. The molecule has 174 valence electrons. The van der Waals surface area contributed by atoms with E-state index in [9.17, 15) is 18.8 Å². The largest absolute Gasteiger partial charge is 0.398 e. The van der Waals surface area contributed by atoms with E-state index in [1.165, 1.54) is 41.9 Å². The molecule has 3 amide bonds. The summed E-state index contributed by atoms with van der Waals surface area (Å²) in [5, 5.41) is 16.3. The van der Waals surface area contributed by atoms with E-state index >= 15 is 0 Å². The van der Waals surface area contributed by atoms with E-state index in [0.717, 1.165) is 0 Å². The van der Waals surface area contributed by atoms with E-state index in [-0.39, 0.29) is 45.5 Å². The molecule has 1 unspecified atom stereocenters. The Hall–Kier alpha value is -4.18. The number of aromatic nitrogens is 1. The van der Waals surface area contributed by atoms with Crippen LogP contribution in [0.1, 0.15) is 33.4 Å². The van der Waals surface area contributed by atoms with Crippen LogP contribution in [-0.4, -0.2) is 35.0 Å². The number of nitrogen functional groups attached to an aromatic ring is 1. The van der Waals surface area contributed by atoms with Gasteiger partial charge in [-0.3, -0.25) is 19.8 Å². The van der Waals surface area contributed by atoms with Crippen molar-refractivity contribution in [2.75, 3.05) is 18.1 Å². The Morgan fingerprint density at radius 1 is 1.24 bits per heavy atom. The number of nitrogens with one attached hydrogen (secondary N) is 4. The number of amides is 3. The number of halogens is 2.